The van der Waals surface area contributed by atoms with E-state index in [0.717, 1.165) is 5.56 Å². The fourth-order valence-corrected chi connectivity index (χ4v) is 2.20. The van der Waals surface area contributed by atoms with Crippen molar-refractivity contribution in [2.75, 3.05) is 0 Å². The van der Waals surface area contributed by atoms with E-state index < -0.39 is 6.10 Å². The fraction of sp³-hybridized carbons (Fsp3) is 0.500. The highest BCUT2D eigenvalue weighted by Gasteiger charge is 2.17. The molecule has 0 spiro atoms. The van der Waals surface area contributed by atoms with Gasteiger partial charge in [0, 0.05) is 16.1 Å². The van der Waals surface area contributed by atoms with E-state index in [2.05, 4.69) is 0 Å². The van der Waals surface area contributed by atoms with E-state index in [4.69, 9.17) is 28.9 Å². The van der Waals surface area contributed by atoms with Gasteiger partial charge in [0.25, 0.3) is 0 Å². The van der Waals surface area contributed by atoms with E-state index in [-0.39, 0.29) is 12.0 Å². The van der Waals surface area contributed by atoms with E-state index in [0.29, 0.717) is 16.5 Å². The maximum atomic E-state index is 9.71. The van der Waals surface area contributed by atoms with Crippen LogP contribution in [0.25, 0.3) is 0 Å². The number of hydrogen-bond donors (Lipinski definition) is 2. The zero-order valence-corrected chi connectivity index (χ0v) is 11.0. The molecule has 2 nitrogen and oxygen atoms in total. The zero-order chi connectivity index (χ0) is 12.3. The average Bonchev–Trinajstić information content (AvgIpc) is 2.16. The molecule has 3 N–H and O–H groups in total. The zero-order valence-electron chi connectivity index (χ0n) is 9.45. The summed E-state index contributed by atoms with van der Waals surface area (Å²) in [7, 11) is 0. The van der Waals surface area contributed by atoms with Crippen molar-refractivity contribution in [3.05, 3.63) is 33.8 Å². The molecule has 0 aliphatic heterocycles. The molecule has 3 unspecified atom stereocenters. The molecular weight excluding hydrogens is 245 g/mol. The Bertz CT molecular complexity index is 355. The molecule has 1 aromatic rings. The summed E-state index contributed by atoms with van der Waals surface area (Å²) >= 11 is 11.9. The van der Waals surface area contributed by atoms with Crippen LogP contribution in [-0.2, 0) is 0 Å². The Morgan fingerprint density at radius 1 is 1.31 bits per heavy atom. The van der Waals surface area contributed by atoms with Gasteiger partial charge in [0.2, 0.25) is 0 Å². The topological polar surface area (TPSA) is 46.2 Å². The number of benzene rings is 1. The molecule has 3 atom stereocenters. The molecule has 0 aliphatic rings. The Hall–Kier alpha value is -0.280. The van der Waals surface area contributed by atoms with E-state index in [1.54, 1.807) is 19.1 Å². The SMILES string of the molecule is CC(CC(O)C(C)N)c1ccc(Cl)cc1Cl. The summed E-state index contributed by atoms with van der Waals surface area (Å²) in [6.07, 6.45) is 0.0840. The predicted molar refractivity (Wildman–Crippen MR) is 69.2 cm³/mol. The fourth-order valence-electron chi connectivity index (χ4n) is 1.61. The van der Waals surface area contributed by atoms with Crippen LogP contribution >= 0.6 is 23.2 Å². The molecule has 0 saturated carbocycles. The van der Waals surface area contributed by atoms with Gasteiger partial charge in [-0.3, -0.25) is 0 Å². The van der Waals surface area contributed by atoms with Gasteiger partial charge in [0.1, 0.15) is 0 Å². The molecule has 1 aromatic carbocycles. The highest BCUT2D eigenvalue weighted by atomic mass is 35.5. The number of hydrogen-bond acceptors (Lipinski definition) is 2. The largest absolute Gasteiger partial charge is 0.392 e. The summed E-state index contributed by atoms with van der Waals surface area (Å²) in [5.41, 5.74) is 6.61. The minimum absolute atomic E-state index is 0.158. The average molecular weight is 262 g/mol. The van der Waals surface area contributed by atoms with Crippen LogP contribution in [0.15, 0.2) is 18.2 Å². The highest BCUT2D eigenvalue weighted by Crippen LogP contribution is 2.30. The smallest absolute Gasteiger partial charge is 0.0694 e. The third kappa shape index (κ3) is 3.63. The van der Waals surface area contributed by atoms with Crippen LogP contribution in [0.4, 0.5) is 0 Å². The quantitative estimate of drug-likeness (QED) is 0.875. The molecule has 0 aliphatic carbocycles. The Kier molecular flexibility index (Phi) is 5.06. The maximum absolute atomic E-state index is 9.71. The van der Waals surface area contributed by atoms with Gasteiger partial charge in [0.05, 0.1) is 6.10 Å². The number of aliphatic hydroxyl groups is 1. The lowest BCUT2D eigenvalue weighted by Gasteiger charge is -2.20. The van der Waals surface area contributed by atoms with Crippen molar-refractivity contribution in [3.8, 4) is 0 Å². The molecule has 0 aromatic heterocycles. The predicted octanol–water partition coefficient (Wildman–Crippen LogP) is 3.20. The van der Waals surface area contributed by atoms with Crippen LogP contribution in [0.3, 0.4) is 0 Å². The van der Waals surface area contributed by atoms with Gasteiger partial charge in [0.15, 0.2) is 0 Å². The minimum atomic E-state index is -0.512. The molecule has 0 heterocycles. The van der Waals surface area contributed by atoms with Crippen LogP contribution in [-0.4, -0.2) is 17.3 Å². The van der Waals surface area contributed by atoms with Crippen molar-refractivity contribution in [2.24, 2.45) is 5.73 Å². The second-order valence-corrected chi connectivity index (χ2v) is 5.07. The van der Waals surface area contributed by atoms with E-state index in [1.165, 1.54) is 0 Å². The molecular formula is C12H17Cl2NO. The first-order valence-electron chi connectivity index (χ1n) is 5.30. The highest BCUT2D eigenvalue weighted by molar-refractivity contribution is 6.35. The van der Waals surface area contributed by atoms with Crippen LogP contribution < -0.4 is 5.73 Å². The first-order chi connectivity index (χ1) is 7.41. The molecule has 0 amide bonds. The molecule has 0 radical (unpaired) electrons. The monoisotopic (exact) mass is 261 g/mol. The summed E-state index contributed by atoms with van der Waals surface area (Å²) in [4.78, 5) is 0. The Labute approximate surface area is 106 Å². The summed E-state index contributed by atoms with van der Waals surface area (Å²) in [6.45, 7) is 3.81. The van der Waals surface area contributed by atoms with E-state index in [1.807, 2.05) is 13.0 Å². The standard InChI is InChI=1S/C12H17Cl2NO/c1-7(5-12(16)8(2)15)10-4-3-9(13)6-11(10)14/h3-4,6-8,12,16H,5,15H2,1-2H3. The third-order valence-corrected chi connectivity index (χ3v) is 3.26. The van der Waals surface area contributed by atoms with E-state index >= 15 is 0 Å². The number of aliphatic hydroxyl groups excluding tert-OH is 1. The van der Waals surface area contributed by atoms with Gasteiger partial charge in [-0.15, -0.1) is 0 Å². The second kappa shape index (κ2) is 5.87. The van der Waals surface area contributed by atoms with Crippen LogP contribution in [0.5, 0.6) is 0 Å². The number of halogens is 2. The first-order valence-corrected chi connectivity index (χ1v) is 6.06. The van der Waals surface area contributed by atoms with Gasteiger partial charge in [-0.05, 0) is 37.0 Å². The minimum Gasteiger partial charge on any atom is -0.392 e. The molecule has 0 bridgehead atoms. The number of nitrogens with two attached hydrogens (primary N) is 1. The van der Waals surface area contributed by atoms with Crippen molar-refractivity contribution in [3.63, 3.8) is 0 Å². The molecule has 16 heavy (non-hydrogen) atoms. The lowest BCUT2D eigenvalue weighted by atomic mass is 9.93. The summed E-state index contributed by atoms with van der Waals surface area (Å²) in [5, 5.41) is 11.0. The van der Waals surface area contributed by atoms with Crippen molar-refractivity contribution in [1.82, 2.24) is 0 Å². The molecule has 90 valence electrons. The van der Waals surface area contributed by atoms with Gasteiger partial charge < -0.3 is 10.8 Å². The summed E-state index contributed by atoms with van der Waals surface area (Å²) in [6, 6.07) is 5.18. The Morgan fingerprint density at radius 3 is 2.44 bits per heavy atom. The van der Waals surface area contributed by atoms with Gasteiger partial charge in [-0.2, -0.15) is 0 Å². The summed E-state index contributed by atoms with van der Waals surface area (Å²) in [5.74, 6) is 0.158. The third-order valence-electron chi connectivity index (χ3n) is 2.70. The van der Waals surface area contributed by atoms with Gasteiger partial charge >= 0.3 is 0 Å². The van der Waals surface area contributed by atoms with Crippen LogP contribution in [0.2, 0.25) is 10.0 Å². The molecule has 4 heteroatoms. The Balaban J connectivity index is 2.76. The van der Waals surface area contributed by atoms with Crippen molar-refractivity contribution in [1.29, 1.82) is 0 Å². The van der Waals surface area contributed by atoms with Crippen LogP contribution in [0.1, 0.15) is 31.7 Å². The lowest BCUT2D eigenvalue weighted by Crippen LogP contribution is -2.32. The van der Waals surface area contributed by atoms with Crippen molar-refractivity contribution in [2.45, 2.75) is 38.3 Å². The maximum Gasteiger partial charge on any atom is 0.0694 e. The van der Waals surface area contributed by atoms with Crippen molar-refractivity contribution >= 4 is 23.2 Å². The molecule has 1 rings (SSSR count). The normalized spacial score (nSPS) is 16.9. The van der Waals surface area contributed by atoms with Crippen LogP contribution in [0, 0.1) is 0 Å². The second-order valence-electron chi connectivity index (χ2n) is 4.23. The van der Waals surface area contributed by atoms with Crippen molar-refractivity contribution < 1.29 is 5.11 Å². The molecule has 0 fully saturated rings. The lowest BCUT2D eigenvalue weighted by molar-refractivity contribution is 0.134. The summed E-state index contributed by atoms with van der Waals surface area (Å²) < 4.78 is 0. The van der Waals surface area contributed by atoms with Gasteiger partial charge in [-0.1, -0.05) is 36.2 Å². The Morgan fingerprint density at radius 2 is 1.94 bits per heavy atom. The molecule has 0 saturated heterocycles. The number of rotatable bonds is 4. The first kappa shape index (κ1) is 13.8. The van der Waals surface area contributed by atoms with E-state index in [9.17, 15) is 5.11 Å². The van der Waals surface area contributed by atoms with Gasteiger partial charge in [-0.25, -0.2) is 0 Å².